The van der Waals surface area contributed by atoms with Gasteiger partial charge in [-0.05, 0) is 80.7 Å². The van der Waals surface area contributed by atoms with Gasteiger partial charge in [-0.15, -0.1) is 0 Å². The molecule has 38 heavy (non-hydrogen) atoms. The molecule has 206 valence electrons. The number of benzene rings is 1. The third kappa shape index (κ3) is 7.03. The maximum absolute atomic E-state index is 13.3. The van der Waals surface area contributed by atoms with Gasteiger partial charge in [0.15, 0.2) is 9.84 Å². The van der Waals surface area contributed by atoms with Crippen LogP contribution in [0.2, 0.25) is 0 Å². The second-order valence-corrected chi connectivity index (χ2v) is 12.1. The quantitative estimate of drug-likeness (QED) is 0.492. The molecule has 1 atom stereocenters. The van der Waals surface area contributed by atoms with Crippen LogP contribution < -0.4 is 16.0 Å². The number of alkyl halides is 3. The van der Waals surface area contributed by atoms with Gasteiger partial charge in [-0.1, -0.05) is 12.1 Å². The van der Waals surface area contributed by atoms with Crippen molar-refractivity contribution >= 4 is 27.6 Å². The first-order valence-electron chi connectivity index (χ1n) is 12.7. The number of carbonyl (C=O) groups excluding carboxylic acids is 2. The number of aromatic nitrogens is 1. The predicted molar refractivity (Wildman–Crippen MR) is 135 cm³/mol. The fourth-order valence-electron chi connectivity index (χ4n) is 5.06. The van der Waals surface area contributed by atoms with Crippen molar-refractivity contribution in [2.75, 3.05) is 11.9 Å². The number of halogens is 3. The van der Waals surface area contributed by atoms with Crippen molar-refractivity contribution in [2.24, 2.45) is 0 Å². The zero-order chi connectivity index (χ0) is 27.3. The Morgan fingerprint density at radius 2 is 1.63 bits per heavy atom. The number of hydrogen-bond acceptors (Lipinski definition) is 6. The normalized spacial score (nSPS) is 23.7. The molecule has 0 radical (unpaired) electrons. The van der Waals surface area contributed by atoms with Crippen LogP contribution in [0.1, 0.15) is 68.4 Å². The van der Waals surface area contributed by atoms with Crippen molar-refractivity contribution in [3.63, 3.8) is 0 Å². The molecule has 2 fully saturated rings. The molecule has 4 rings (SSSR count). The van der Waals surface area contributed by atoms with Gasteiger partial charge in [-0.25, -0.2) is 18.2 Å². The standard InChI is InChI=1S/C26H31F3N4O4S/c27-26(28,29)19-6-13-23(31-16-19)32-20-7-11-22(12-8-20)38(36,37)21-9-3-18(4-10-21)17-2-1-15-30-25(35)33-24(34)14-5-17/h3-4,6,9-10,13,16-17,20,22H,1-2,5,7-8,11-12,14-15H2,(H,31,32)(H2,30,33,34,35). The zero-order valence-corrected chi connectivity index (χ0v) is 21.6. The maximum atomic E-state index is 13.3. The van der Waals surface area contributed by atoms with Gasteiger partial charge in [0.25, 0.3) is 0 Å². The van der Waals surface area contributed by atoms with Crippen LogP contribution in [0.25, 0.3) is 0 Å². The summed E-state index contributed by atoms with van der Waals surface area (Å²) < 4.78 is 64.8. The van der Waals surface area contributed by atoms with Gasteiger partial charge in [-0.2, -0.15) is 13.2 Å². The van der Waals surface area contributed by atoms with Crippen LogP contribution in [0, 0.1) is 0 Å². The van der Waals surface area contributed by atoms with Crippen molar-refractivity contribution in [1.29, 1.82) is 0 Å². The third-order valence-corrected chi connectivity index (χ3v) is 9.50. The number of amides is 3. The summed E-state index contributed by atoms with van der Waals surface area (Å²) in [6, 6.07) is 8.58. The van der Waals surface area contributed by atoms with Crippen molar-refractivity contribution < 1.29 is 31.2 Å². The number of pyridine rings is 1. The molecule has 12 heteroatoms. The molecular weight excluding hydrogens is 521 g/mol. The smallest absolute Gasteiger partial charge is 0.367 e. The summed E-state index contributed by atoms with van der Waals surface area (Å²) in [6.45, 7) is 0.453. The van der Waals surface area contributed by atoms with E-state index in [4.69, 9.17) is 0 Å². The summed E-state index contributed by atoms with van der Waals surface area (Å²) in [5, 5.41) is 7.52. The van der Waals surface area contributed by atoms with Gasteiger partial charge in [0.2, 0.25) is 5.91 Å². The van der Waals surface area contributed by atoms with E-state index < -0.39 is 32.9 Å². The minimum absolute atomic E-state index is 0.0670. The molecule has 1 aromatic carbocycles. The van der Waals surface area contributed by atoms with Crippen LogP contribution in [0.5, 0.6) is 0 Å². The van der Waals surface area contributed by atoms with Crippen molar-refractivity contribution in [3.8, 4) is 0 Å². The number of nitrogens with zero attached hydrogens (tertiary/aromatic N) is 1. The van der Waals surface area contributed by atoms with Crippen LogP contribution in [0.3, 0.4) is 0 Å². The lowest BCUT2D eigenvalue weighted by Crippen LogP contribution is -2.40. The summed E-state index contributed by atoms with van der Waals surface area (Å²) in [7, 11) is -3.55. The van der Waals surface area contributed by atoms with Crippen molar-refractivity contribution in [2.45, 2.75) is 79.6 Å². The van der Waals surface area contributed by atoms with Gasteiger partial charge in [0.1, 0.15) is 5.82 Å². The zero-order valence-electron chi connectivity index (χ0n) is 20.8. The van der Waals surface area contributed by atoms with Gasteiger partial charge in [0.05, 0.1) is 15.7 Å². The van der Waals surface area contributed by atoms with Crippen molar-refractivity contribution in [1.82, 2.24) is 15.6 Å². The van der Waals surface area contributed by atoms with E-state index in [1.54, 1.807) is 12.1 Å². The third-order valence-electron chi connectivity index (χ3n) is 7.22. The van der Waals surface area contributed by atoms with E-state index in [1.165, 1.54) is 6.07 Å². The predicted octanol–water partition coefficient (Wildman–Crippen LogP) is 4.78. The highest BCUT2D eigenvalue weighted by Gasteiger charge is 2.33. The highest BCUT2D eigenvalue weighted by molar-refractivity contribution is 7.92. The Morgan fingerprint density at radius 3 is 2.26 bits per heavy atom. The summed E-state index contributed by atoms with van der Waals surface area (Å²) in [4.78, 5) is 27.5. The van der Waals surface area contributed by atoms with E-state index in [0.29, 0.717) is 44.5 Å². The van der Waals surface area contributed by atoms with Crippen LogP contribution in [-0.2, 0) is 20.8 Å². The molecule has 0 spiro atoms. The minimum Gasteiger partial charge on any atom is -0.367 e. The Labute approximate surface area is 219 Å². The highest BCUT2D eigenvalue weighted by Crippen LogP contribution is 2.33. The molecule has 2 heterocycles. The average Bonchev–Trinajstić information content (AvgIpc) is 2.88. The van der Waals surface area contributed by atoms with E-state index in [-0.39, 0.29) is 29.2 Å². The molecule has 2 aromatic rings. The molecular formula is C26H31F3N4O4S. The fraction of sp³-hybridized carbons (Fsp3) is 0.500. The SMILES string of the molecule is O=C1CCC(c2ccc(S(=O)(=O)C3CCC(Nc4ccc(C(F)(F)F)cn4)CC3)cc2)CCCNC(=O)N1. The second kappa shape index (κ2) is 11.7. The van der Waals surface area contributed by atoms with Crippen molar-refractivity contribution in [3.05, 3.63) is 53.7 Å². The molecule has 1 saturated carbocycles. The number of hydrogen-bond donors (Lipinski definition) is 3. The Bertz CT molecular complexity index is 1230. The van der Waals surface area contributed by atoms with Crippen LogP contribution >= 0.6 is 0 Å². The number of rotatable bonds is 5. The van der Waals surface area contributed by atoms with E-state index in [9.17, 15) is 31.2 Å². The molecule has 0 bridgehead atoms. The average molecular weight is 553 g/mol. The molecule has 3 N–H and O–H groups in total. The Hall–Kier alpha value is -3.15. The van der Waals surface area contributed by atoms with Gasteiger partial charge < -0.3 is 10.6 Å². The number of imide groups is 1. The first kappa shape index (κ1) is 27.9. The number of carbonyl (C=O) groups is 2. The number of nitrogens with one attached hydrogen (secondary N) is 3. The van der Waals surface area contributed by atoms with Gasteiger partial charge in [0, 0.05) is 25.2 Å². The van der Waals surface area contributed by atoms with Crippen LogP contribution in [-0.4, -0.2) is 43.2 Å². The summed E-state index contributed by atoms with van der Waals surface area (Å²) in [6.07, 6.45) is 0.617. The topological polar surface area (TPSA) is 117 Å². The largest absolute Gasteiger partial charge is 0.417 e. The lowest BCUT2D eigenvalue weighted by atomic mass is 9.89. The fourth-order valence-corrected chi connectivity index (χ4v) is 6.86. The number of urea groups is 1. The molecule has 2 aliphatic rings. The van der Waals surface area contributed by atoms with Crippen LogP contribution in [0.15, 0.2) is 47.5 Å². The van der Waals surface area contributed by atoms with E-state index in [2.05, 4.69) is 20.9 Å². The lowest BCUT2D eigenvalue weighted by Gasteiger charge is -2.29. The maximum Gasteiger partial charge on any atom is 0.417 e. The first-order valence-corrected chi connectivity index (χ1v) is 14.3. The number of sulfone groups is 1. The molecule has 8 nitrogen and oxygen atoms in total. The Balaban J connectivity index is 1.34. The molecule has 1 aliphatic carbocycles. The highest BCUT2D eigenvalue weighted by atomic mass is 32.2. The summed E-state index contributed by atoms with van der Waals surface area (Å²) in [5.74, 6) is 0.0703. The second-order valence-electron chi connectivity index (χ2n) is 9.84. The molecule has 1 unspecified atom stereocenters. The van der Waals surface area contributed by atoms with Crippen LogP contribution in [0.4, 0.5) is 23.8 Å². The Morgan fingerprint density at radius 1 is 0.921 bits per heavy atom. The first-order chi connectivity index (χ1) is 18.0. The van der Waals surface area contributed by atoms with Gasteiger partial charge >= 0.3 is 12.2 Å². The van der Waals surface area contributed by atoms with E-state index in [1.807, 2.05) is 12.1 Å². The Kier molecular flexibility index (Phi) is 8.59. The molecule has 1 aromatic heterocycles. The molecule has 1 saturated heterocycles. The van der Waals surface area contributed by atoms with Gasteiger partial charge in [-0.3, -0.25) is 10.1 Å². The molecule has 3 amide bonds. The van der Waals surface area contributed by atoms with E-state index in [0.717, 1.165) is 30.7 Å². The summed E-state index contributed by atoms with van der Waals surface area (Å²) >= 11 is 0. The summed E-state index contributed by atoms with van der Waals surface area (Å²) in [5.41, 5.74) is 0.143. The lowest BCUT2D eigenvalue weighted by molar-refractivity contribution is -0.137. The van der Waals surface area contributed by atoms with E-state index >= 15 is 0 Å². The minimum atomic E-state index is -4.44. The molecule has 1 aliphatic heterocycles. The number of anilines is 1. The monoisotopic (exact) mass is 552 g/mol.